The van der Waals surface area contributed by atoms with Gasteiger partial charge >= 0.3 is 12.3 Å². The van der Waals surface area contributed by atoms with Gasteiger partial charge in [0.05, 0.1) is 18.3 Å². The topological polar surface area (TPSA) is 138 Å². The quantitative estimate of drug-likeness (QED) is 0.327. The van der Waals surface area contributed by atoms with Gasteiger partial charge in [0.15, 0.2) is 11.6 Å². The van der Waals surface area contributed by atoms with E-state index in [4.69, 9.17) is 5.11 Å². The van der Waals surface area contributed by atoms with Crippen molar-refractivity contribution < 1.29 is 52.1 Å². The van der Waals surface area contributed by atoms with Crippen molar-refractivity contribution >= 4 is 29.4 Å². The van der Waals surface area contributed by atoms with Crippen LogP contribution < -0.4 is 4.74 Å². The minimum absolute atomic E-state index is 0.0000792. The summed E-state index contributed by atoms with van der Waals surface area (Å²) in [7, 11) is 0. The molecule has 2 amide bonds. The van der Waals surface area contributed by atoms with Crippen molar-refractivity contribution in [2.75, 3.05) is 6.54 Å². The molecule has 4 atom stereocenters. The third-order valence-electron chi connectivity index (χ3n) is 7.75. The Morgan fingerprint density at radius 2 is 1.85 bits per heavy atom. The van der Waals surface area contributed by atoms with Crippen LogP contribution in [0.4, 0.5) is 13.2 Å². The van der Waals surface area contributed by atoms with E-state index in [2.05, 4.69) is 4.74 Å². The van der Waals surface area contributed by atoms with Crippen molar-refractivity contribution in [1.82, 2.24) is 4.90 Å². The van der Waals surface area contributed by atoms with Crippen molar-refractivity contribution in [2.45, 2.75) is 38.5 Å². The van der Waals surface area contributed by atoms with Crippen molar-refractivity contribution in [3.05, 3.63) is 58.2 Å². The fraction of sp³-hybridized carbons (Fsp3) is 0.370. The summed E-state index contributed by atoms with van der Waals surface area (Å²) in [4.78, 5) is 64.8. The molecule has 0 radical (unpaired) electrons. The lowest BCUT2D eigenvalue weighted by atomic mass is 9.59. The molecule has 0 aromatic heterocycles. The van der Waals surface area contributed by atoms with Crippen molar-refractivity contribution in [2.24, 2.45) is 17.8 Å². The van der Waals surface area contributed by atoms with E-state index < -0.39 is 77.3 Å². The second-order valence-electron chi connectivity index (χ2n) is 9.97. The highest BCUT2D eigenvalue weighted by atomic mass is 19.4. The average molecular weight is 545 g/mol. The molecule has 12 heteroatoms. The zero-order valence-electron chi connectivity index (χ0n) is 20.4. The van der Waals surface area contributed by atoms with Gasteiger partial charge in [-0.3, -0.25) is 28.9 Å². The first-order valence-corrected chi connectivity index (χ1v) is 12.1. The highest BCUT2D eigenvalue weighted by molar-refractivity contribution is 6.24. The number of alkyl halides is 3. The van der Waals surface area contributed by atoms with E-state index in [1.54, 1.807) is 6.08 Å². The largest absolute Gasteiger partial charge is 0.573 e. The predicted molar refractivity (Wildman–Crippen MR) is 125 cm³/mol. The summed E-state index contributed by atoms with van der Waals surface area (Å²) in [6, 6.07) is 2.84. The number of aromatic hydroxyl groups is 1. The first-order chi connectivity index (χ1) is 18.3. The summed E-state index contributed by atoms with van der Waals surface area (Å²) in [6.45, 7) is 1.11. The Bertz CT molecular complexity index is 1440. The lowest BCUT2D eigenvalue weighted by molar-refractivity contribution is -0.274. The second kappa shape index (κ2) is 9.21. The Kier molecular flexibility index (Phi) is 6.23. The lowest BCUT2D eigenvalue weighted by Gasteiger charge is -2.42. The number of ketones is 2. The van der Waals surface area contributed by atoms with Crippen LogP contribution in [-0.2, 0) is 24.0 Å². The Hall–Kier alpha value is -4.22. The summed E-state index contributed by atoms with van der Waals surface area (Å²) >= 11 is 0. The molecule has 5 rings (SSSR count). The van der Waals surface area contributed by atoms with Crippen LogP contribution in [0, 0.1) is 17.8 Å². The Morgan fingerprint density at radius 3 is 2.51 bits per heavy atom. The molecule has 3 aliphatic carbocycles. The second-order valence-corrected chi connectivity index (χ2v) is 9.97. The maximum absolute atomic E-state index is 13.4. The third-order valence-corrected chi connectivity index (χ3v) is 7.75. The first-order valence-electron chi connectivity index (χ1n) is 12.1. The van der Waals surface area contributed by atoms with Gasteiger partial charge < -0.3 is 14.9 Å². The summed E-state index contributed by atoms with van der Waals surface area (Å²) in [5.74, 6) is -8.20. The van der Waals surface area contributed by atoms with Gasteiger partial charge in [0, 0.05) is 34.7 Å². The number of carboxylic acids is 1. The smallest absolute Gasteiger partial charge is 0.508 e. The maximum Gasteiger partial charge on any atom is 0.573 e. The van der Waals surface area contributed by atoms with Crippen LogP contribution in [0.1, 0.15) is 37.7 Å². The fourth-order valence-electron chi connectivity index (χ4n) is 6.17. The molecule has 39 heavy (non-hydrogen) atoms. The number of carbonyl (C=O) groups excluding carboxylic acids is 4. The molecule has 4 aliphatic rings. The van der Waals surface area contributed by atoms with Crippen molar-refractivity contribution in [3.8, 4) is 11.5 Å². The number of hydrogen-bond acceptors (Lipinski definition) is 7. The zero-order chi connectivity index (χ0) is 28.4. The van der Waals surface area contributed by atoms with Gasteiger partial charge in [0.2, 0.25) is 11.8 Å². The number of carbonyl (C=O) groups is 5. The number of allylic oxidation sites excluding steroid dienone is 6. The van der Waals surface area contributed by atoms with Gasteiger partial charge in [0.1, 0.15) is 11.5 Å². The molecular formula is C27H22F3NO8. The number of imide groups is 1. The molecular weight excluding hydrogens is 523 g/mol. The van der Waals surface area contributed by atoms with Gasteiger partial charge in [-0.15, -0.1) is 13.2 Å². The highest BCUT2D eigenvalue weighted by Gasteiger charge is 2.56. The molecule has 0 unspecified atom stereocenters. The molecule has 0 spiro atoms. The maximum atomic E-state index is 13.4. The number of carboxylic acid groups (broad SMARTS) is 1. The van der Waals surface area contributed by atoms with E-state index in [9.17, 15) is 42.3 Å². The van der Waals surface area contributed by atoms with E-state index in [0.29, 0.717) is 5.57 Å². The van der Waals surface area contributed by atoms with Gasteiger partial charge in [-0.25, -0.2) is 0 Å². The Labute approximate surface area is 219 Å². The number of nitrogens with zero attached hydrogens (tertiary/aromatic N) is 1. The number of fused-ring (bicyclic) bond motifs is 3. The monoisotopic (exact) mass is 545 g/mol. The van der Waals surface area contributed by atoms with Crippen molar-refractivity contribution in [3.63, 3.8) is 0 Å². The Balaban J connectivity index is 1.64. The zero-order valence-corrected chi connectivity index (χ0v) is 20.4. The van der Waals surface area contributed by atoms with Crippen LogP contribution in [0.3, 0.4) is 0 Å². The van der Waals surface area contributed by atoms with Crippen LogP contribution >= 0.6 is 0 Å². The molecule has 0 bridgehead atoms. The SMILES string of the molecule is CC1=CC(=O)C2=C(C1=O)[C@@H](c1cc(OC(F)(F)F)ccc1O)C1=CC[C@@H]3C(=O)N(CCC(=O)O)C(=O)[C@@H]3[C@@H]1C2. The minimum atomic E-state index is -5.03. The molecule has 2 N–H and O–H groups in total. The van der Waals surface area contributed by atoms with Crippen LogP contribution in [0.2, 0.25) is 0 Å². The highest BCUT2D eigenvalue weighted by Crippen LogP contribution is 2.56. The molecule has 0 saturated carbocycles. The van der Waals surface area contributed by atoms with E-state index in [1.807, 2.05) is 0 Å². The Morgan fingerprint density at radius 1 is 1.13 bits per heavy atom. The number of hydrogen-bond donors (Lipinski definition) is 2. The van der Waals surface area contributed by atoms with E-state index >= 15 is 0 Å². The third kappa shape index (κ3) is 4.43. The molecule has 1 saturated heterocycles. The average Bonchev–Trinajstić information content (AvgIpc) is 3.09. The van der Waals surface area contributed by atoms with E-state index in [-0.39, 0.29) is 41.7 Å². The van der Waals surface area contributed by atoms with Crippen LogP contribution in [0.25, 0.3) is 0 Å². The van der Waals surface area contributed by atoms with Crippen LogP contribution in [-0.4, -0.2) is 57.4 Å². The number of rotatable bonds is 5. The number of likely N-dealkylation sites (tertiary alicyclic amines) is 1. The first kappa shape index (κ1) is 26.4. The molecule has 204 valence electrons. The van der Waals surface area contributed by atoms with Crippen LogP contribution in [0.15, 0.2) is 52.6 Å². The molecule has 1 aromatic rings. The summed E-state index contributed by atoms with van der Waals surface area (Å²) in [5, 5.41) is 19.8. The molecule has 1 heterocycles. The van der Waals surface area contributed by atoms with Crippen LogP contribution in [0.5, 0.6) is 11.5 Å². The number of aliphatic carboxylic acids is 1. The molecule has 9 nitrogen and oxygen atoms in total. The molecule has 1 aliphatic heterocycles. The number of amides is 2. The van der Waals surface area contributed by atoms with Gasteiger partial charge in [-0.2, -0.15) is 0 Å². The summed E-state index contributed by atoms with van der Waals surface area (Å²) in [5.41, 5.74) is 0.482. The van der Waals surface area contributed by atoms with Gasteiger partial charge in [-0.1, -0.05) is 11.6 Å². The standard InChI is InChI=1S/C27H22F3NO8/c1-11-8-19(33)17-10-15-13(3-4-14-22(15)26(38)31(25(14)37)7-6-20(34)35)21(23(17)24(11)36)16-9-12(2-5-18(16)32)39-27(28,29)30/h2-3,5,8-9,14-15,21-22,32H,4,6-7,10H2,1H3,(H,34,35)/t14-,15+,21+,22-/m0/s1. The summed E-state index contributed by atoms with van der Waals surface area (Å²) < 4.78 is 42.9. The number of benzene rings is 1. The van der Waals surface area contributed by atoms with Crippen molar-refractivity contribution in [1.29, 1.82) is 0 Å². The predicted octanol–water partition coefficient (Wildman–Crippen LogP) is 3.20. The number of phenols is 1. The van der Waals surface area contributed by atoms with Gasteiger partial charge in [-0.05, 0) is 50.0 Å². The lowest BCUT2D eigenvalue weighted by Crippen LogP contribution is -2.40. The summed E-state index contributed by atoms with van der Waals surface area (Å²) in [6.07, 6.45) is -2.71. The minimum Gasteiger partial charge on any atom is -0.508 e. The number of halogens is 3. The number of ether oxygens (including phenoxy) is 1. The number of phenolic OH excluding ortho intramolecular Hbond substituents is 1. The molecule has 1 aromatic carbocycles. The van der Waals surface area contributed by atoms with E-state index in [0.717, 1.165) is 29.2 Å². The van der Waals surface area contributed by atoms with Gasteiger partial charge in [0.25, 0.3) is 0 Å². The fourth-order valence-corrected chi connectivity index (χ4v) is 6.17. The molecule has 1 fully saturated rings. The number of Topliss-reactive ketones (excluding diaryl/α,β-unsaturated/α-hetero) is 1. The normalized spacial score (nSPS) is 26.6. The van der Waals surface area contributed by atoms with E-state index in [1.165, 1.54) is 6.92 Å².